The predicted molar refractivity (Wildman–Crippen MR) is 93.7 cm³/mol. The number of benzene rings is 1. The average molecular weight is 345 g/mol. The molecule has 0 saturated heterocycles. The first-order chi connectivity index (χ1) is 9.79. The summed E-state index contributed by atoms with van der Waals surface area (Å²) in [6, 6.07) is 6.02. The predicted octanol–water partition coefficient (Wildman–Crippen LogP) is 4.66. The second-order valence-corrected chi connectivity index (χ2v) is 6.03. The second-order valence-electron chi connectivity index (χ2n) is 4.78. The zero-order valence-electron chi connectivity index (χ0n) is 11.8. The molecule has 6 heteroatoms. The highest BCUT2D eigenvalue weighted by molar-refractivity contribution is 8.16. The number of hydrogen-bond acceptors (Lipinski definition) is 4. The lowest BCUT2D eigenvalue weighted by molar-refractivity contribution is 0.309. The number of nitrogens with zero attached hydrogens (tertiary/aromatic N) is 2. The molecule has 3 rings (SSSR count). The number of hydrogen-bond donors (Lipinski definition) is 0. The Hall–Kier alpha value is -0.840. The minimum Gasteiger partial charge on any atom is -0.492 e. The van der Waals surface area contributed by atoms with Crippen molar-refractivity contribution in [3.63, 3.8) is 0 Å². The van der Waals surface area contributed by atoms with Crippen LogP contribution in [0.4, 0.5) is 0 Å². The minimum atomic E-state index is 0. The Kier molecular flexibility index (Phi) is 5.85. The molecule has 0 bridgehead atoms. The number of rotatable bonds is 5. The summed E-state index contributed by atoms with van der Waals surface area (Å²) in [5, 5.41) is 3.91. The molecule has 2 aliphatic heterocycles. The van der Waals surface area contributed by atoms with Crippen LogP contribution in [0.1, 0.15) is 25.3 Å². The summed E-state index contributed by atoms with van der Waals surface area (Å²) in [4.78, 5) is 6.70. The van der Waals surface area contributed by atoms with Crippen molar-refractivity contribution in [2.24, 2.45) is 4.99 Å². The molecule has 0 spiro atoms. The van der Waals surface area contributed by atoms with Crippen LogP contribution in [0.2, 0.25) is 5.02 Å². The topological polar surface area (TPSA) is 24.8 Å². The smallest absolute Gasteiger partial charge is 0.168 e. The van der Waals surface area contributed by atoms with Crippen LogP contribution in [0.5, 0.6) is 5.75 Å². The molecular weight excluding hydrogens is 327 g/mol. The first kappa shape index (κ1) is 16.5. The third kappa shape index (κ3) is 3.50. The van der Waals surface area contributed by atoms with Crippen LogP contribution in [-0.4, -0.2) is 29.8 Å². The zero-order valence-corrected chi connectivity index (χ0v) is 14.2. The van der Waals surface area contributed by atoms with Crippen molar-refractivity contribution in [2.75, 3.05) is 19.7 Å². The van der Waals surface area contributed by atoms with E-state index in [1.807, 2.05) is 12.1 Å². The Bertz CT molecular complexity index is 575. The molecule has 0 aromatic heterocycles. The maximum Gasteiger partial charge on any atom is 0.168 e. The fourth-order valence-corrected chi connectivity index (χ4v) is 3.45. The van der Waals surface area contributed by atoms with E-state index in [0.717, 1.165) is 49.0 Å². The minimum absolute atomic E-state index is 0. The van der Waals surface area contributed by atoms with Crippen molar-refractivity contribution in [2.45, 2.75) is 19.8 Å². The molecule has 1 aromatic carbocycles. The van der Waals surface area contributed by atoms with E-state index >= 15 is 0 Å². The Morgan fingerprint density at radius 2 is 2.29 bits per heavy atom. The van der Waals surface area contributed by atoms with Crippen LogP contribution in [0.25, 0.3) is 5.70 Å². The van der Waals surface area contributed by atoms with Gasteiger partial charge in [-0.2, -0.15) is 0 Å². The largest absolute Gasteiger partial charge is 0.492 e. The average Bonchev–Trinajstić information content (AvgIpc) is 3.03. The van der Waals surface area contributed by atoms with Gasteiger partial charge in [-0.1, -0.05) is 36.7 Å². The summed E-state index contributed by atoms with van der Waals surface area (Å²) in [5.41, 5.74) is 2.31. The molecule has 0 fully saturated rings. The van der Waals surface area contributed by atoms with Crippen LogP contribution >= 0.6 is 35.8 Å². The van der Waals surface area contributed by atoms with Gasteiger partial charge in [0.2, 0.25) is 0 Å². The number of aliphatic imine (C=N–C) groups is 1. The van der Waals surface area contributed by atoms with Crippen LogP contribution in [0, 0.1) is 0 Å². The molecule has 2 heterocycles. The zero-order chi connectivity index (χ0) is 13.9. The van der Waals surface area contributed by atoms with E-state index < -0.39 is 0 Å². The van der Waals surface area contributed by atoms with Gasteiger partial charge < -0.3 is 9.64 Å². The van der Waals surface area contributed by atoms with Gasteiger partial charge in [0, 0.05) is 17.5 Å². The molecule has 0 amide bonds. The summed E-state index contributed by atoms with van der Waals surface area (Å²) in [7, 11) is 0. The quantitative estimate of drug-likeness (QED) is 0.726. The SMILES string of the molecule is CCCCOc1ccc(C2=CSC3=NCCN23)cc1Cl.Cl. The lowest BCUT2D eigenvalue weighted by Gasteiger charge is -2.17. The highest BCUT2D eigenvalue weighted by Gasteiger charge is 2.27. The summed E-state index contributed by atoms with van der Waals surface area (Å²) in [6.45, 7) is 4.71. The highest BCUT2D eigenvalue weighted by Crippen LogP contribution is 2.37. The Labute approximate surface area is 140 Å². The van der Waals surface area contributed by atoms with E-state index in [-0.39, 0.29) is 12.4 Å². The monoisotopic (exact) mass is 344 g/mol. The van der Waals surface area contributed by atoms with Gasteiger partial charge >= 0.3 is 0 Å². The number of unbranched alkanes of at least 4 members (excludes halogenated alkanes) is 1. The highest BCUT2D eigenvalue weighted by atomic mass is 35.5. The Morgan fingerprint density at radius 3 is 3.05 bits per heavy atom. The van der Waals surface area contributed by atoms with Crippen LogP contribution in [0.15, 0.2) is 28.6 Å². The molecule has 0 atom stereocenters. The van der Waals surface area contributed by atoms with Gasteiger partial charge in [0.15, 0.2) is 5.17 Å². The molecule has 1 aromatic rings. The fourth-order valence-electron chi connectivity index (χ4n) is 2.25. The standard InChI is InChI=1S/C15H17ClN2OS.ClH/c1-2-3-8-19-14-5-4-11(9-12(14)16)13-10-20-15-17-6-7-18(13)15;/h4-5,9-10H,2-3,6-8H2,1H3;1H. The summed E-state index contributed by atoms with van der Waals surface area (Å²) in [5.74, 6) is 0.769. The van der Waals surface area contributed by atoms with E-state index in [0.29, 0.717) is 5.02 Å². The first-order valence-corrected chi connectivity index (χ1v) is 8.17. The third-order valence-electron chi connectivity index (χ3n) is 3.35. The molecule has 0 aliphatic carbocycles. The van der Waals surface area contributed by atoms with Gasteiger partial charge in [-0.05, 0) is 24.6 Å². The molecule has 3 nitrogen and oxygen atoms in total. The van der Waals surface area contributed by atoms with Crippen molar-refractivity contribution in [1.82, 2.24) is 4.90 Å². The first-order valence-electron chi connectivity index (χ1n) is 6.91. The van der Waals surface area contributed by atoms with E-state index in [1.165, 1.54) is 5.70 Å². The molecule has 0 unspecified atom stereocenters. The van der Waals surface area contributed by atoms with Gasteiger partial charge in [0.25, 0.3) is 0 Å². The summed E-state index contributed by atoms with van der Waals surface area (Å²) >= 11 is 8.00. The number of amidine groups is 1. The van der Waals surface area contributed by atoms with Gasteiger partial charge in [0.05, 0.1) is 23.9 Å². The Morgan fingerprint density at radius 1 is 1.43 bits per heavy atom. The molecule has 114 valence electrons. The second kappa shape index (κ2) is 7.43. The van der Waals surface area contributed by atoms with Gasteiger partial charge in [-0.25, -0.2) is 0 Å². The van der Waals surface area contributed by atoms with Crippen LogP contribution < -0.4 is 4.74 Å². The number of ether oxygens (including phenoxy) is 1. The molecule has 0 radical (unpaired) electrons. The Balaban J connectivity index is 0.00000161. The van der Waals surface area contributed by atoms with E-state index in [4.69, 9.17) is 16.3 Å². The fraction of sp³-hybridized carbons (Fsp3) is 0.400. The molecule has 21 heavy (non-hydrogen) atoms. The van der Waals surface area contributed by atoms with E-state index in [2.05, 4.69) is 28.3 Å². The van der Waals surface area contributed by atoms with Crippen molar-refractivity contribution in [3.05, 3.63) is 34.2 Å². The van der Waals surface area contributed by atoms with Crippen LogP contribution in [-0.2, 0) is 0 Å². The lowest BCUT2D eigenvalue weighted by Crippen LogP contribution is -2.19. The van der Waals surface area contributed by atoms with Crippen molar-refractivity contribution in [3.8, 4) is 5.75 Å². The van der Waals surface area contributed by atoms with Gasteiger partial charge in [-0.3, -0.25) is 4.99 Å². The van der Waals surface area contributed by atoms with Crippen molar-refractivity contribution < 1.29 is 4.74 Å². The van der Waals surface area contributed by atoms with E-state index in [1.54, 1.807) is 11.8 Å². The van der Waals surface area contributed by atoms with Gasteiger partial charge in [0.1, 0.15) is 5.75 Å². The molecule has 2 aliphatic rings. The van der Waals surface area contributed by atoms with E-state index in [9.17, 15) is 0 Å². The lowest BCUT2D eigenvalue weighted by atomic mass is 10.1. The maximum absolute atomic E-state index is 6.32. The maximum atomic E-state index is 6.32. The number of fused-ring (bicyclic) bond motifs is 1. The van der Waals surface area contributed by atoms with Crippen molar-refractivity contribution in [1.29, 1.82) is 0 Å². The third-order valence-corrected chi connectivity index (χ3v) is 4.55. The van der Waals surface area contributed by atoms with Crippen molar-refractivity contribution >= 4 is 46.6 Å². The number of thioether (sulfide) groups is 1. The molecule has 0 saturated carbocycles. The molecular formula is C15H18Cl2N2OS. The van der Waals surface area contributed by atoms with Gasteiger partial charge in [-0.15, -0.1) is 12.4 Å². The summed E-state index contributed by atoms with van der Waals surface area (Å²) < 4.78 is 5.69. The number of halogens is 2. The van der Waals surface area contributed by atoms with Crippen LogP contribution in [0.3, 0.4) is 0 Å². The summed E-state index contributed by atoms with van der Waals surface area (Å²) in [6.07, 6.45) is 2.17. The molecule has 0 N–H and O–H groups in total. The normalized spacial score (nSPS) is 16.2.